The minimum atomic E-state index is -1.02. The molecule has 0 saturated heterocycles. The minimum Gasteiger partial charge on any atom is -0.494 e. The van der Waals surface area contributed by atoms with Gasteiger partial charge in [0.15, 0.2) is 0 Å². The number of hydrogen-bond acceptors (Lipinski definition) is 2. The van der Waals surface area contributed by atoms with Gasteiger partial charge in [0.05, 0.1) is 11.6 Å². The Hall–Kier alpha value is -1.94. The predicted octanol–water partition coefficient (Wildman–Crippen LogP) is 3.23. The average molecular weight is 266 g/mol. The zero-order valence-corrected chi connectivity index (χ0v) is 10.5. The smallest absolute Gasteiger partial charge is 0.352 e. The summed E-state index contributed by atoms with van der Waals surface area (Å²) < 4.78 is 6.90. The largest absolute Gasteiger partial charge is 0.494 e. The monoisotopic (exact) mass is 265 g/mol. The Bertz CT molecular complexity index is 577. The van der Waals surface area contributed by atoms with E-state index in [0.29, 0.717) is 23.1 Å². The van der Waals surface area contributed by atoms with Crippen molar-refractivity contribution in [2.24, 2.45) is 0 Å². The van der Waals surface area contributed by atoms with Crippen LogP contribution >= 0.6 is 11.6 Å². The molecule has 0 aliphatic heterocycles. The Labute approximate surface area is 109 Å². The summed E-state index contributed by atoms with van der Waals surface area (Å²) in [5, 5.41) is 9.49. The van der Waals surface area contributed by atoms with Crippen molar-refractivity contribution in [3.05, 3.63) is 47.2 Å². The molecule has 0 bridgehead atoms. The Kier molecular flexibility index (Phi) is 3.58. The Morgan fingerprint density at radius 3 is 2.89 bits per heavy atom. The van der Waals surface area contributed by atoms with Gasteiger partial charge in [0, 0.05) is 18.0 Å². The van der Waals surface area contributed by atoms with Gasteiger partial charge in [0.1, 0.15) is 11.4 Å². The molecule has 1 N–H and O–H groups in total. The number of benzene rings is 1. The topological polar surface area (TPSA) is 51.5 Å². The Morgan fingerprint density at radius 1 is 1.44 bits per heavy atom. The molecule has 0 amide bonds. The van der Waals surface area contributed by atoms with Gasteiger partial charge in [-0.25, -0.2) is 4.79 Å². The van der Waals surface area contributed by atoms with Gasteiger partial charge in [-0.05, 0) is 25.1 Å². The number of halogens is 1. The summed E-state index contributed by atoms with van der Waals surface area (Å²) in [6.45, 7) is 2.45. The molecule has 0 unspecified atom stereocenters. The van der Waals surface area contributed by atoms with E-state index in [1.807, 2.05) is 13.0 Å². The van der Waals surface area contributed by atoms with Crippen LogP contribution in [-0.4, -0.2) is 22.2 Å². The second-order valence-corrected chi connectivity index (χ2v) is 4.09. The third kappa shape index (κ3) is 2.49. The number of rotatable bonds is 4. The zero-order chi connectivity index (χ0) is 13.1. The first-order chi connectivity index (χ1) is 8.61. The lowest BCUT2D eigenvalue weighted by atomic mass is 10.3. The van der Waals surface area contributed by atoms with Gasteiger partial charge in [-0.2, -0.15) is 0 Å². The van der Waals surface area contributed by atoms with E-state index in [9.17, 15) is 4.79 Å². The zero-order valence-electron chi connectivity index (χ0n) is 9.76. The third-order valence-corrected chi connectivity index (χ3v) is 2.62. The maximum Gasteiger partial charge on any atom is 0.352 e. The van der Waals surface area contributed by atoms with Crippen LogP contribution in [0.5, 0.6) is 5.75 Å². The van der Waals surface area contributed by atoms with E-state index in [2.05, 4.69) is 0 Å². The summed E-state index contributed by atoms with van der Waals surface area (Å²) >= 11 is 5.85. The highest BCUT2D eigenvalue weighted by Crippen LogP contribution is 2.22. The first-order valence-electron chi connectivity index (χ1n) is 5.46. The molecule has 18 heavy (non-hydrogen) atoms. The van der Waals surface area contributed by atoms with Crippen molar-refractivity contribution in [1.29, 1.82) is 0 Å². The molecule has 0 spiro atoms. The van der Waals surface area contributed by atoms with Crippen molar-refractivity contribution < 1.29 is 14.6 Å². The van der Waals surface area contributed by atoms with Crippen LogP contribution in [0.4, 0.5) is 0 Å². The maximum absolute atomic E-state index is 11.1. The maximum atomic E-state index is 11.1. The van der Waals surface area contributed by atoms with Gasteiger partial charge >= 0.3 is 5.97 Å². The molecule has 1 aromatic carbocycles. The summed E-state index contributed by atoms with van der Waals surface area (Å²) in [4.78, 5) is 11.1. The van der Waals surface area contributed by atoms with Crippen molar-refractivity contribution in [2.75, 3.05) is 6.61 Å². The van der Waals surface area contributed by atoms with Crippen molar-refractivity contribution in [3.8, 4) is 11.4 Å². The molecule has 5 heteroatoms. The lowest BCUT2D eigenvalue weighted by Crippen LogP contribution is -2.05. The highest BCUT2D eigenvalue weighted by atomic mass is 35.5. The van der Waals surface area contributed by atoms with Gasteiger partial charge in [0.25, 0.3) is 0 Å². The molecule has 0 aliphatic carbocycles. The summed E-state index contributed by atoms with van der Waals surface area (Å²) in [6.07, 6.45) is 1.57. The number of ether oxygens (including phenoxy) is 1. The standard InChI is InChI=1S/C13H12ClNO3/c1-2-18-11-5-3-4-10(7-11)15-8-9(14)6-12(15)13(16)17/h3-8H,2H2,1H3,(H,16,17). The quantitative estimate of drug-likeness (QED) is 0.923. The summed E-state index contributed by atoms with van der Waals surface area (Å²) in [5.74, 6) is -0.333. The van der Waals surface area contributed by atoms with Crippen molar-refractivity contribution >= 4 is 17.6 Å². The number of hydrogen-bond donors (Lipinski definition) is 1. The van der Waals surface area contributed by atoms with Crippen molar-refractivity contribution in [2.45, 2.75) is 6.92 Å². The van der Waals surface area contributed by atoms with Crippen LogP contribution in [0, 0.1) is 0 Å². The average Bonchev–Trinajstić information content (AvgIpc) is 2.72. The highest BCUT2D eigenvalue weighted by molar-refractivity contribution is 6.31. The number of carboxylic acid groups (broad SMARTS) is 1. The molecule has 0 radical (unpaired) electrons. The van der Waals surface area contributed by atoms with Crippen LogP contribution in [0.2, 0.25) is 5.02 Å². The molecule has 1 aromatic heterocycles. The van der Waals surface area contributed by atoms with Crippen LogP contribution in [0.25, 0.3) is 5.69 Å². The molecule has 0 atom stereocenters. The predicted molar refractivity (Wildman–Crippen MR) is 68.9 cm³/mol. The first kappa shape index (κ1) is 12.5. The molecule has 94 valence electrons. The van der Waals surface area contributed by atoms with Gasteiger partial charge in [-0.3, -0.25) is 0 Å². The number of aromatic nitrogens is 1. The number of aromatic carboxylic acids is 1. The third-order valence-electron chi connectivity index (χ3n) is 2.41. The molecular formula is C13H12ClNO3. The van der Waals surface area contributed by atoms with Crippen molar-refractivity contribution in [3.63, 3.8) is 0 Å². The lowest BCUT2D eigenvalue weighted by molar-refractivity contribution is 0.0688. The molecule has 0 aliphatic rings. The minimum absolute atomic E-state index is 0.119. The molecule has 2 aromatic rings. The van der Waals surface area contributed by atoms with E-state index in [4.69, 9.17) is 21.4 Å². The summed E-state index contributed by atoms with van der Waals surface area (Å²) in [7, 11) is 0. The second kappa shape index (κ2) is 5.14. The second-order valence-electron chi connectivity index (χ2n) is 3.65. The van der Waals surface area contributed by atoms with E-state index in [0.717, 1.165) is 0 Å². The molecular weight excluding hydrogens is 254 g/mol. The van der Waals surface area contributed by atoms with E-state index in [-0.39, 0.29) is 5.69 Å². The van der Waals surface area contributed by atoms with Crippen LogP contribution in [0.15, 0.2) is 36.5 Å². The van der Waals surface area contributed by atoms with Crippen molar-refractivity contribution in [1.82, 2.24) is 4.57 Å². The molecule has 2 rings (SSSR count). The van der Waals surface area contributed by atoms with Gasteiger partial charge < -0.3 is 14.4 Å². The molecule has 4 nitrogen and oxygen atoms in total. The van der Waals surface area contributed by atoms with Gasteiger partial charge in [0.2, 0.25) is 0 Å². The molecule has 0 fully saturated rings. The number of carbonyl (C=O) groups is 1. The van der Waals surface area contributed by atoms with E-state index >= 15 is 0 Å². The Morgan fingerprint density at radius 2 is 2.22 bits per heavy atom. The fraction of sp³-hybridized carbons (Fsp3) is 0.154. The SMILES string of the molecule is CCOc1cccc(-n2cc(Cl)cc2C(=O)O)c1. The van der Waals surface area contributed by atoms with E-state index < -0.39 is 5.97 Å². The van der Waals surface area contributed by atoms with Crippen LogP contribution in [0.3, 0.4) is 0 Å². The Balaban J connectivity index is 2.47. The molecule has 1 heterocycles. The van der Waals surface area contributed by atoms with Gasteiger partial charge in [-0.1, -0.05) is 17.7 Å². The van der Waals surface area contributed by atoms with E-state index in [1.165, 1.54) is 10.6 Å². The highest BCUT2D eigenvalue weighted by Gasteiger charge is 2.13. The van der Waals surface area contributed by atoms with Gasteiger partial charge in [-0.15, -0.1) is 0 Å². The number of nitrogens with zero attached hydrogens (tertiary/aromatic N) is 1. The summed E-state index contributed by atoms with van der Waals surface area (Å²) in [6, 6.07) is 8.60. The van der Waals surface area contributed by atoms with Crippen LogP contribution < -0.4 is 4.74 Å². The van der Waals surface area contributed by atoms with Crippen LogP contribution in [-0.2, 0) is 0 Å². The van der Waals surface area contributed by atoms with Crippen LogP contribution in [0.1, 0.15) is 17.4 Å². The number of carboxylic acids is 1. The fourth-order valence-corrected chi connectivity index (χ4v) is 1.90. The molecule has 0 saturated carbocycles. The lowest BCUT2D eigenvalue weighted by Gasteiger charge is -2.08. The normalized spacial score (nSPS) is 10.3. The summed E-state index contributed by atoms with van der Waals surface area (Å²) in [5.41, 5.74) is 0.818. The fourth-order valence-electron chi connectivity index (χ4n) is 1.70. The first-order valence-corrected chi connectivity index (χ1v) is 5.84. The van der Waals surface area contributed by atoms with E-state index in [1.54, 1.807) is 24.4 Å².